The Morgan fingerprint density at radius 1 is 1.30 bits per heavy atom. The molecule has 3 nitrogen and oxygen atoms in total. The monoisotopic (exact) mass is 133 g/mol. The summed E-state index contributed by atoms with van der Waals surface area (Å²) in [7, 11) is 0. The maximum absolute atomic E-state index is 3.71. The zero-order valence-electron chi connectivity index (χ0n) is 5.44. The van der Waals surface area contributed by atoms with Crippen molar-refractivity contribution >= 4 is 5.70 Å². The summed E-state index contributed by atoms with van der Waals surface area (Å²) < 4.78 is 1.92. The van der Waals surface area contributed by atoms with E-state index in [1.165, 1.54) is 5.70 Å². The largest absolute Gasteiger partial charge is 0.292 e. The second-order valence-electron chi connectivity index (χ2n) is 2.16. The van der Waals surface area contributed by atoms with E-state index in [1.807, 2.05) is 10.6 Å². The van der Waals surface area contributed by atoms with E-state index in [2.05, 4.69) is 22.3 Å². The number of hydrogen-bond acceptors (Lipinski definition) is 2. The third-order valence-corrected chi connectivity index (χ3v) is 1.50. The second-order valence-corrected chi connectivity index (χ2v) is 2.16. The van der Waals surface area contributed by atoms with Gasteiger partial charge in [0.1, 0.15) is 12.7 Å². The van der Waals surface area contributed by atoms with Crippen LogP contribution in [0.15, 0.2) is 30.9 Å². The SMILES string of the molecule is C1=CCC(n2cnnc2)=C1. The molecule has 1 aromatic heterocycles. The van der Waals surface area contributed by atoms with Gasteiger partial charge in [-0.3, -0.25) is 4.57 Å². The van der Waals surface area contributed by atoms with Gasteiger partial charge in [0.15, 0.2) is 0 Å². The van der Waals surface area contributed by atoms with Gasteiger partial charge in [0.2, 0.25) is 0 Å². The van der Waals surface area contributed by atoms with Crippen molar-refractivity contribution in [1.29, 1.82) is 0 Å². The van der Waals surface area contributed by atoms with Crippen molar-refractivity contribution in [3.05, 3.63) is 30.9 Å². The first-order chi connectivity index (χ1) is 4.97. The molecule has 0 aromatic carbocycles. The van der Waals surface area contributed by atoms with E-state index in [9.17, 15) is 0 Å². The Balaban J connectivity index is 2.30. The Labute approximate surface area is 58.7 Å². The molecule has 0 N–H and O–H groups in total. The van der Waals surface area contributed by atoms with Gasteiger partial charge >= 0.3 is 0 Å². The molecular formula is C7H7N3. The first-order valence-electron chi connectivity index (χ1n) is 3.17. The van der Waals surface area contributed by atoms with Crippen LogP contribution in [-0.2, 0) is 0 Å². The summed E-state index contributed by atoms with van der Waals surface area (Å²) in [5.74, 6) is 0. The normalized spacial score (nSPS) is 15.8. The van der Waals surface area contributed by atoms with Crippen molar-refractivity contribution in [1.82, 2.24) is 14.8 Å². The first-order valence-corrected chi connectivity index (χ1v) is 3.17. The Bertz CT molecular complexity index is 269. The average Bonchev–Trinajstić information content (AvgIpc) is 2.59. The van der Waals surface area contributed by atoms with Crippen LogP contribution in [0.1, 0.15) is 6.42 Å². The lowest BCUT2D eigenvalue weighted by molar-refractivity contribution is 1.05. The van der Waals surface area contributed by atoms with Crippen LogP contribution in [0, 0.1) is 0 Å². The van der Waals surface area contributed by atoms with Crippen LogP contribution in [0.5, 0.6) is 0 Å². The van der Waals surface area contributed by atoms with Gasteiger partial charge in [0.25, 0.3) is 0 Å². The van der Waals surface area contributed by atoms with Crippen LogP contribution in [0.3, 0.4) is 0 Å². The van der Waals surface area contributed by atoms with Gasteiger partial charge in [-0.2, -0.15) is 0 Å². The fourth-order valence-electron chi connectivity index (χ4n) is 0.976. The molecule has 1 aromatic rings. The van der Waals surface area contributed by atoms with E-state index in [-0.39, 0.29) is 0 Å². The second kappa shape index (κ2) is 2.10. The van der Waals surface area contributed by atoms with Crippen molar-refractivity contribution < 1.29 is 0 Å². The molecule has 0 saturated carbocycles. The fraction of sp³-hybridized carbons (Fsp3) is 0.143. The zero-order valence-corrected chi connectivity index (χ0v) is 5.44. The Morgan fingerprint density at radius 3 is 2.70 bits per heavy atom. The minimum Gasteiger partial charge on any atom is -0.292 e. The standard InChI is InChI=1S/C7H7N3/c1-2-4-7(3-1)10-5-8-9-6-10/h1-3,5-6H,4H2. The summed E-state index contributed by atoms with van der Waals surface area (Å²) in [6.45, 7) is 0. The smallest absolute Gasteiger partial charge is 0.123 e. The van der Waals surface area contributed by atoms with Crippen LogP contribution < -0.4 is 0 Å². The predicted molar refractivity (Wildman–Crippen MR) is 38.1 cm³/mol. The molecule has 2 rings (SSSR count). The third-order valence-electron chi connectivity index (χ3n) is 1.50. The summed E-state index contributed by atoms with van der Waals surface area (Å²) in [5, 5.41) is 7.42. The number of allylic oxidation sites excluding steroid dienone is 4. The molecule has 1 aliphatic rings. The summed E-state index contributed by atoms with van der Waals surface area (Å²) in [6, 6.07) is 0. The lowest BCUT2D eigenvalue weighted by atomic mass is 10.4. The topological polar surface area (TPSA) is 30.7 Å². The van der Waals surface area contributed by atoms with Gasteiger partial charge in [0.05, 0.1) is 0 Å². The fourth-order valence-corrected chi connectivity index (χ4v) is 0.976. The van der Waals surface area contributed by atoms with Gasteiger partial charge < -0.3 is 0 Å². The molecule has 0 fully saturated rings. The zero-order chi connectivity index (χ0) is 6.81. The lowest BCUT2D eigenvalue weighted by Gasteiger charge is -1.97. The van der Waals surface area contributed by atoms with Crippen molar-refractivity contribution in [2.24, 2.45) is 0 Å². The highest BCUT2D eigenvalue weighted by Crippen LogP contribution is 2.14. The van der Waals surface area contributed by atoms with E-state index in [1.54, 1.807) is 12.7 Å². The third kappa shape index (κ3) is 0.757. The highest BCUT2D eigenvalue weighted by atomic mass is 15.2. The van der Waals surface area contributed by atoms with Crippen LogP contribution in [0.4, 0.5) is 0 Å². The van der Waals surface area contributed by atoms with Gasteiger partial charge in [-0.1, -0.05) is 12.2 Å². The predicted octanol–water partition coefficient (Wildman–Crippen LogP) is 1.08. The molecule has 0 spiro atoms. The molecule has 0 radical (unpaired) electrons. The van der Waals surface area contributed by atoms with Gasteiger partial charge in [-0.25, -0.2) is 0 Å². The summed E-state index contributed by atoms with van der Waals surface area (Å²) in [6.07, 6.45) is 10.6. The van der Waals surface area contributed by atoms with Crippen LogP contribution in [0.25, 0.3) is 5.70 Å². The molecule has 0 unspecified atom stereocenters. The maximum atomic E-state index is 3.71. The van der Waals surface area contributed by atoms with Gasteiger partial charge in [-0.15, -0.1) is 10.2 Å². The van der Waals surface area contributed by atoms with Gasteiger partial charge in [-0.05, 0) is 6.08 Å². The molecule has 10 heavy (non-hydrogen) atoms. The van der Waals surface area contributed by atoms with Crippen molar-refractivity contribution in [3.8, 4) is 0 Å². The van der Waals surface area contributed by atoms with E-state index in [4.69, 9.17) is 0 Å². The molecule has 0 saturated heterocycles. The van der Waals surface area contributed by atoms with Crippen molar-refractivity contribution in [2.45, 2.75) is 6.42 Å². The number of aromatic nitrogens is 3. The quantitative estimate of drug-likeness (QED) is 0.574. The molecule has 0 bridgehead atoms. The Morgan fingerprint density at radius 2 is 2.10 bits per heavy atom. The Hall–Kier alpha value is -1.38. The molecule has 0 aliphatic heterocycles. The molecule has 1 heterocycles. The van der Waals surface area contributed by atoms with Crippen molar-refractivity contribution in [2.75, 3.05) is 0 Å². The molecule has 3 heteroatoms. The highest BCUT2D eigenvalue weighted by molar-refractivity contribution is 5.53. The van der Waals surface area contributed by atoms with E-state index >= 15 is 0 Å². The first kappa shape index (κ1) is 5.41. The van der Waals surface area contributed by atoms with E-state index in [0.29, 0.717) is 0 Å². The number of rotatable bonds is 1. The summed E-state index contributed by atoms with van der Waals surface area (Å²) >= 11 is 0. The lowest BCUT2D eigenvalue weighted by Crippen LogP contribution is -1.88. The molecule has 50 valence electrons. The Kier molecular flexibility index (Phi) is 1.13. The summed E-state index contributed by atoms with van der Waals surface area (Å²) in [4.78, 5) is 0. The molecule has 1 aliphatic carbocycles. The molecular weight excluding hydrogens is 126 g/mol. The summed E-state index contributed by atoms with van der Waals surface area (Å²) in [5.41, 5.74) is 1.23. The van der Waals surface area contributed by atoms with E-state index < -0.39 is 0 Å². The van der Waals surface area contributed by atoms with Crippen molar-refractivity contribution in [3.63, 3.8) is 0 Å². The number of hydrogen-bond donors (Lipinski definition) is 0. The number of nitrogens with zero attached hydrogens (tertiary/aromatic N) is 3. The van der Waals surface area contributed by atoms with Crippen LogP contribution in [-0.4, -0.2) is 14.8 Å². The van der Waals surface area contributed by atoms with Gasteiger partial charge in [0, 0.05) is 12.1 Å². The average molecular weight is 133 g/mol. The maximum Gasteiger partial charge on any atom is 0.123 e. The van der Waals surface area contributed by atoms with Crippen LogP contribution in [0.2, 0.25) is 0 Å². The molecule has 0 amide bonds. The highest BCUT2D eigenvalue weighted by Gasteiger charge is 1.99. The minimum atomic E-state index is 0.984. The van der Waals surface area contributed by atoms with Crippen LogP contribution >= 0.6 is 0 Å². The molecule has 0 atom stereocenters. The minimum absolute atomic E-state index is 0.984. The van der Waals surface area contributed by atoms with E-state index in [0.717, 1.165) is 6.42 Å².